The van der Waals surface area contributed by atoms with Crippen LogP contribution in [-0.4, -0.2) is 142 Å². The van der Waals surface area contributed by atoms with E-state index in [0.717, 1.165) is 0 Å². The van der Waals surface area contributed by atoms with E-state index in [0.29, 0.717) is 13.2 Å². The summed E-state index contributed by atoms with van der Waals surface area (Å²) < 4.78 is 82.4. The average molecular weight is 733 g/mol. The Morgan fingerprint density at radius 3 is 1.47 bits per heavy atom. The molecule has 3 atom stereocenters. The van der Waals surface area contributed by atoms with E-state index in [9.17, 15) is 4.79 Å². The number of primary amides is 1. The summed E-state index contributed by atoms with van der Waals surface area (Å²) in [5.41, 5.74) is 4.38. The van der Waals surface area contributed by atoms with Crippen LogP contribution < -0.4 is 11.1 Å². The van der Waals surface area contributed by atoms with Crippen molar-refractivity contribution in [3.05, 3.63) is 0 Å². The van der Waals surface area contributed by atoms with Crippen LogP contribution in [0.25, 0.3) is 0 Å². The topological polar surface area (TPSA) is 188 Å². The van der Waals surface area contributed by atoms with Gasteiger partial charge in [-0.2, -0.15) is 0 Å². The van der Waals surface area contributed by atoms with Crippen molar-refractivity contribution in [2.75, 3.05) is 90.9 Å². The lowest BCUT2D eigenvalue weighted by Gasteiger charge is -2.45. The van der Waals surface area contributed by atoms with Crippen LogP contribution in [0, 0.1) is 5.92 Å². The maximum absolute atomic E-state index is 11.9. The molecule has 17 nitrogen and oxygen atoms in total. The Morgan fingerprint density at radius 2 is 1.16 bits per heavy atom. The summed E-state index contributed by atoms with van der Waals surface area (Å²) in [6.07, 6.45) is 0.966. The van der Waals surface area contributed by atoms with E-state index in [-0.39, 0.29) is 69.6 Å². The minimum atomic E-state index is -3.67. The zero-order chi connectivity index (χ0) is 37.2. The van der Waals surface area contributed by atoms with E-state index in [1.165, 1.54) is 64.0 Å². The van der Waals surface area contributed by atoms with Gasteiger partial charge in [0.25, 0.3) is 17.9 Å². The lowest BCUT2D eigenvalue weighted by molar-refractivity contribution is -0.366. The van der Waals surface area contributed by atoms with Crippen LogP contribution >= 0.6 is 0 Å². The molecule has 1 fully saturated rings. The Balaban J connectivity index is 3.79. The molecule has 0 spiro atoms. The van der Waals surface area contributed by atoms with Crippen LogP contribution in [0.4, 0.5) is 4.79 Å². The van der Waals surface area contributed by atoms with Gasteiger partial charge in [0.2, 0.25) is 0 Å². The molecule has 49 heavy (non-hydrogen) atoms. The van der Waals surface area contributed by atoms with Crippen molar-refractivity contribution in [1.82, 2.24) is 5.32 Å². The number of nitrogens with one attached hydrogen (secondary N) is 1. The first-order chi connectivity index (χ1) is 23.2. The summed E-state index contributed by atoms with van der Waals surface area (Å²) in [5.74, 6) is -4.07. The first kappa shape index (κ1) is 45.9. The highest BCUT2D eigenvalue weighted by molar-refractivity contribution is 6.60. The van der Waals surface area contributed by atoms with E-state index >= 15 is 0 Å². The van der Waals surface area contributed by atoms with Gasteiger partial charge in [0.15, 0.2) is 0 Å². The Labute approximate surface area is 293 Å². The minimum Gasteiger partial charge on any atom is -0.377 e. The fourth-order valence-corrected chi connectivity index (χ4v) is 8.25. The molecular formula is C31H64N2O15Si. The molecule has 292 valence electrons. The molecule has 0 aliphatic carbocycles. The minimum absolute atomic E-state index is 0.0319. The quantitative estimate of drug-likeness (QED) is 0.0601. The van der Waals surface area contributed by atoms with Crippen molar-refractivity contribution in [3.8, 4) is 0 Å². The maximum atomic E-state index is 11.9. The summed E-state index contributed by atoms with van der Waals surface area (Å²) in [6.45, 7) is 5.26. The van der Waals surface area contributed by atoms with E-state index in [4.69, 9.17) is 71.1 Å². The van der Waals surface area contributed by atoms with Crippen molar-refractivity contribution in [3.63, 3.8) is 0 Å². The summed E-state index contributed by atoms with van der Waals surface area (Å²) in [4.78, 5) is 11.9. The van der Waals surface area contributed by atoms with E-state index in [1.54, 1.807) is 7.11 Å². The van der Waals surface area contributed by atoms with Crippen molar-refractivity contribution >= 4 is 14.8 Å². The molecule has 1 aliphatic heterocycles. The molecule has 0 aromatic rings. The third kappa shape index (κ3) is 14.8. The van der Waals surface area contributed by atoms with Gasteiger partial charge in [0.05, 0.1) is 18.8 Å². The van der Waals surface area contributed by atoms with E-state index in [2.05, 4.69) is 5.32 Å². The number of carbonyl (C=O) groups is 1. The zero-order valence-electron chi connectivity index (χ0n) is 31.7. The Kier molecular flexibility index (Phi) is 20.7. The highest BCUT2D eigenvalue weighted by Crippen LogP contribution is 2.42. The molecule has 1 saturated heterocycles. The van der Waals surface area contributed by atoms with Gasteiger partial charge < -0.3 is 76.4 Å². The molecule has 3 unspecified atom stereocenters. The smallest absolute Gasteiger partial charge is 0.377 e. The van der Waals surface area contributed by atoms with Crippen LogP contribution in [0.1, 0.15) is 58.8 Å². The molecule has 0 radical (unpaired) electrons. The molecule has 1 aliphatic rings. The van der Waals surface area contributed by atoms with Crippen molar-refractivity contribution in [2.24, 2.45) is 11.7 Å². The summed E-state index contributed by atoms with van der Waals surface area (Å²) >= 11 is 0. The normalized spacial score (nSPS) is 17.7. The molecule has 1 rings (SSSR count). The number of ether oxygens (including phenoxy) is 11. The SMILES string of the molecule is COC(CCC(CCC(OC)(OC)OC)(CCC(OC)(OC)OC)O[Si](CCC(NC(N)=O)OCC1CO1)(OC)OCC(C)C)(OC)OC. The van der Waals surface area contributed by atoms with Crippen molar-refractivity contribution in [2.45, 2.75) is 101 Å². The number of urea groups is 1. The first-order valence-corrected chi connectivity index (χ1v) is 18.3. The second-order valence-electron chi connectivity index (χ2n) is 12.1. The van der Waals surface area contributed by atoms with Gasteiger partial charge in [0, 0.05) is 103 Å². The molecule has 0 aromatic carbocycles. The predicted octanol–water partition coefficient (Wildman–Crippen LogP) is 2.92. The number of hydrogen-bond donors (Lipinski definition) is 2. The highest BCUT2D eigenvalue weighted by atomic mass is 28.4. The number of carbonyl (C=O) groups excluding carboxylic acids is 1. The molecule has 1 heterocycles. The van der Waals surface area contributed by atoms with Gasteiger partial charge in [-0.3, -0.25) is 0 Å². The Bertz CT molecular complexity index is 820. The number of methoxy groups -OCH3 is 9. The van der Waals surface area contributed by atoms with Gasteiger partial charge in [-0.25, -0.2) is 4.79 Å². The Hall–Kier alpha value is -1.07. The summed E-state index contributed by atoms with van der Waals surface area (Å²) in [7, 11) is 11.3. The first-order valence-electron chi connectivity index (χ1n) is 16.4. The average Bonchev–Trinajstić information content (AvgIpc) is 3.95. The van der Waals surface area contributed by atoms with E-state index in [1.807, 2.05) is 13.8 Å². The number of nitrogens with two attached hydrogens (primary N) is 1. The molecule has 0 bridgehead atoms. The van der Waals surface area contributed by atoms with Gasteiger partial charge in [-0.15, -0.1) is 0 Å². The summed E-state index contributed by atoms with van der Waals surface area (Å²) in [6, 6.07) is -0.489. The van der Waals surface area contributed by atoms with E-state index < -0.39 is 44.6 Å². The van der Waals surface area contributed by atoms with Gasteiger partial charge in [-0.1, -0.05) is 13.8 Å². The monoisotopic (exact) mass is 732 g/mol. The van der Waals surface area contributed by atoms with Crippen LogP contribution in [0.3, 0.4) is 0 Å². The van der Waals surface area contributed by atoms with Crippen molar-refractivity contribution < 1.29 is 70.2 Å². The lowest BCUT2D eigenvalue weighted by atomic mass is 9.86. The zero-order valence-corrected chi connectivity index (χ0v) is 32.7. The number of hydrogen-bond acceptors (Lipinski definition) is 15. The molecule has 0 aromatic heterocycles. The van der Waals surface area contributed by atoms with Crippen LogP contribution in [0.2, 0.25) is 6.04 Å². The van der Waals surface area contributed by atoms with Gasteiger partial charge >= 0.3 is 14.8 Å². The van der Waals surface area contributed by atoms with Crippen LogP contribution in [0.15, 0.2) is 0 Å². The van der Waals surface area contributed by atoms with Gasteiger partial charge in [-0.05, 0) is 31.6 Å². The third-order valence-electron chi connectivity index (χ3n) is 8.68. The lowest BCUT2D eigenvalue weighted by Crippen LogP contribution is -2.56. The molecular weight excluding hydrogens is 668 g/mol. The number of epoxide rings is 1. The molecule has 18 heteroatoms. The fraction of sp³-hybridized carbons (Fsp3) is 0.968. The second kappa shape index (κ2) is 22.1. The second-order valence-corrected chi connectivity index (χ2v) is 14.9. The number of amides is 2. The fourth-order valence-electron chi connectivity index (χ4n) is 5.37. The highest BCUT2D eigenvalue weighted by Gasteiger charge is 2.52. The Morgan fingerprint density at radius 1 is 0.755 bits per heavy atom. The van der Waals surface area contributed by atoms with Crippen molar-refractivity contribution in [1.29, 1.82) is 0 Å². The summed E-state index contributed by atoms with van der Waals surface area (Å²) in [5, 5.41) is 2.66. The van der Waals surface area contributed by atoms with Gasteiger partial charge in [0.1, 0.15) is 12.3 Å². The number of rotatable bonds is 31. The maximum Gasteiger partial charge on any atom is 0.501 e. The standard InChI is InChI=1S/C31H64N2O15Si/c1-24(2)21-47-49(44-12,20-13-26(33-27(32)34)46-23-25-22-45-25)48-28(14-17-29(35-3,36-4)37-5,15-18-30(38-6,39-7)40-8)16-19-31(41-9,42-10)43-11/h24-26H,13-23H2,1-12H3,(H3,32,33,34). The largest absolute Gasteiger partial charge is 0.501 e. The van der Waals surface area contributed by atoms with Crippen LogP contribution in [-0.2, 0) is 65.4 Å². The molecule has 3 N–H and O–H groups in total. The van der Waals surface area contributed by atoms with Crippen LogP contribution in [0.5, 0.6) is 0 Å². The molecule has 2 amide bonds. The predicted molar refractivity (Wildman–Crippen MR) is 178 cm³/mol. The molecule has 0 saturated carbocycles. The third-order valence-corrected chi connectivity index (χ3v) is 11.6.